The lowest BCUT2D eigenvalue weighted by Gasteiger charge is -2.11. The van der Waals surface area contributed by atoms with Crippen molar-refractivity contribution in [3.8, 4) is 17.6 Å². The summed E-state index contributed by atoms with van der Waals surface area (Å²) >= 11 is 0. The van der Waals surface area contributed by atoms with E-state index in [0.29, 0.717) is 23.6 Å². The Hall–Kier alpha value is -2.26. The number of hydrogen-bond donors (Lipinski definition) is 2. The first-order valence-corrected chi connectivity index (χ1v) is 5.75. The molecule has 0 saturated heterocycles. The van der Waals surface area contributed by atoms with E-state index in [1.54, 1.807) is 18.2 Å². The van der Waals surface area contributed by atoms with Crippen LogP contribution >= 0.6 is 0 Å². The quantitative estimate of drug-likeness (QED) is 0.703. The molecule has 0 aliphatic heterocycles. The van der Waals surface area contributed by atoms with Crippen LogP contribution in [0, 0.1) is 11.3 Å². The molecular formula is C13H16N2O4. The normalized spacial score (nSPS) is 9.53. The molecule has 19 heavy (non-hydrogen) atoms. The lowest BCUT2D eigenvalue weighted by Crippen LogP contribution is -2.29. The van der Waals surface area contributed by atoms with Gasteiger partial charge in [-0.05, 0) is 17.7 Å². The van der Waals surface area contributed by atoms with Crippen molar-refractivity contribution in [1.82, 2.24) is 5.32 Å². The Morgan fingerprint density at radius 2 is 2.26 bits per heavy atom. The second-order valence-electron chi connectivity index (χ2n) is 3.69. The highest BCUT2D eigenvalue weighted by atomic mass is 16.5. The minimum atomic E-state index is -0.302. The van der Waals surface area contributed by atoms with Crippen molar-refractivity contribution in [2.45, 2.75) is 13.0 Å². The number of nitrogens with one attached hydrogen (secondary N) is 1. The van der Waals surface area contributed by atoms with Crippen LogP contribution in [-0.2, 0) is 11.4 Å². The van der Waals surface area contributed by atoms with Crippen molar-refractivity contribution in [2.24, 2.45) is 0 Å². The number of hydrogen-bond acceptors (Lipinski definition) is 5. The zero-order chi connectivity index (χ0) is 14.1. The monoisotopic (exact) mass is 264 g/mol. The van der Waals surface area contributed by atoms with Crippen molar-refractivity contribution < 1.29 is 19.4 Å². The van der Waals surface area contributed by atoms with Gasteiger partial charge in [-0.25, -0.2) is 0 Å². The molecule has 1 aromatic carbocycles. The maximum absolute atomic E-state index is 11.4. The molecule has 1 amide bonds. The predicted octanol–water partition coefficient (Wildman–Crippen LogP) is 0.596. The standard InChI is InChI=1S/C13H16N2O4/c1-18-12-7-10(8-16)3-4-11(12)19-9-13(17)15-6-2-5-14/h3-4,7,16H,2,6,8-9H2,1H3,(H,15,17). The summed E-state index contributed by atoms with van der Waals surface area (Å²) in [5.41, 5.74) is 0.697. The number of nitrogens with zero attached hydrogens (tertiary/aromatic N) is 1. The predicted molar refractivity (Wildman–Crippen MR) is 67.7 cm³/mol. The molecule has 0 atom stereocenters. The Kier molecular flexibility index (Phi) is 6.19. The Labute approximate surface area is 111 Å². The van der Waals surface area contributed by atoms with Gasteiger partial charge in [-0.15, -0.1) is 0 Å². The van der Waals surface area contributed by atoms with Gasteiger partial charge in [0.2, 0.25) is 0 Å². The first-order valence-electron chi connectivity index (χ1n) is 5.75. The molecule has 0 aliphatic carbocycles. The van der Waals surface area contributed by atoms with Gasteiger partial charge in [-0.2, -0.15) is 5.26 Å². The van der Waals surface area contributed by atoms with E-state index in [0.717, 1.165) is 0 Å². The number of carbonyl (C=O) groups excluding carboxylic acids is 1. The van der Waals surface area contributed by atoms with Crippen LogP contribution in [0.15, 0.2) is 18.2 Å². The second kappa shape index (κ2) is 7.95. The maximum Gasteiger partial charge on any atom is 0.257 e. The summed E-state index contributed by atoms with van der Waals surface area (Å²) in [4.78, 5) is 11.4. The number of carbonyl (C=O) groups is 1. The summed E-state index contributed by atoms with van der Waals surface area (Å²) < 4.78 is 10.4. The minimum Gasteiger partial charge on any atom is -0.493 e. The van der Waals surface area contributed by atoms with E-state index in [9.17, 15) is 4.79 Å². The SMILES string of the molecule is COc1cc(CO)ccc1OCC(=O)NCCC#N. The van der Waals surface area contributed by atoms with Gasteiger partial charge in [0.05, 0.1) is 26.2 Å². The van der Waals surface area contributed by atoms with Crippen LogP contribution in [0.3, 0.4) is 0 Å². The Bertz CT molecular complexity index is 468. The molecule has 0 bridgehead atoms. The Balaban J connectivity index is 2.53. The Morgan fingerprint density at radius 3 is 2.89 bits per heavy atom. The van der Waals surface area contributed by atoms with E-state index in [2.05, 4.69) is 5.32 Å². The lowest BCUT2D eigenvalue weighted by molar-refractivity contribution is -0.123. The van der Waals surface area contributed by atoms with Gasteiger partial charge in [0.15, 0.2) is 18.1 Å². The van der Waals surface area contributed by atoms with Gasteiger partial charge < -0.3 is 19.9 Å². The third-order valence-corrected chi connectivity index (χ3v) is 2.33. The first kappa shape index (κ1) is 14.8. The van der Waals surface area contributed by atoms with Crippen LogP contribution in [0.4, 0.5) is 0 Å². The maximum atomic E-state index is 11.4. The fourth-order valence-electron chi connectivity index (χ4n) is 1.38. The fourth-order valence-corrected chi connectivity index (χ4v) is 1.38. The molecule has 2 N–H and O–H groups in total. The van der Waals surface area contributed by atoms with Crippen molar-refractivity contribution in [1.29, 1.82) is 5.26 Å². The summed E-state index contributed by atoms with van der Waals surface area (Å²) in [6.45, 7) is 0.0603. The third kappa shape index (κ3) is 4.85. The molecule has 102 valence electrons. The number of ether oxygens (including phenoxy) is 2. The number of aliphatic hydroxyl groups excluding tert-OH is 1. The summed E-state index contributed by atoms with van der Waals surface area (Å²) in [5, 5.41) is 19.9. The van der Waals surface area contributed by atoms with Crippen LogP contribution in [0.5, 0.6) is 11.5 Å². The van der Waals surface area contributed by atoms with Gasteiger partial charge in [0.25, 0.3) is 5.91 Å². The third-order valence-electron chi connectivity index (χ3n) is 2.33. The number of nitriles is 1. The molecule has 1 rings (SSSR count). The fraction of sp³-hybridized carbons (Fsp3) is 0.385. The summed E-state index contributed by atoms with van der Waals surface area (Å²) in [7, 11) is 1.48. The first-order chi connectivity index (χ1) is 9.21. The van der Waals surface area contributed by atoms with Crippen molar-refractivity contribution in [2.75, 3.05) is 20.3 Å². The smallest absolute Gasteiger partial charge is 0.257 e. The highest BCUT2D eigenvalue weighted by molar-refractivity contribution is 5.77. The lowest BCUT2D eigenvalue weighted by atomic mass is 10.2. The molecule has 0 aromatic heterocycles. The van der Waals surface area contributed by atoms with Crippen LogP contribution in [0.2, 0.25) is 0 Å². The molecule has 0 radical (unpaired) electrons. The zero-order valence-electron chi connectivity index (χ0n) is 10.7. The van der Waals surface area contributed by atoms with Gasteiger partial charge in [-0.3, -0.25) is 4.79 Å². The largest absolute Gasteiger partial charge is 0.493 e. The number of rotatable bonds is 7. The molecule has 6 nitrogen and oxygen atoms in total. The van der Waals surface area contributed by atoms with Gasteiger partial charge in [-0.1, -0.05) is 6.07 Å². The van der Waals surface area contributed by atoms with E-state index >= 15 is 0 Å². The molecule has 1 aromatic rings. The van der Waals surface area contributed by atoms with E-state index in [1.807, 2.05) is 6.07 Å². The van der Waals surface area contributed by atoms with Crippen LogP contribution < -0.4 is 14.8 Å². The van der Waals surface area contributed by atoms with Crippen LogP contribution in [0.1, 0.15) is 12.0 Å². The molecule has 0 saturated carbocycles. The van der Waals surface area contributed by atoms with Crippen LogP contribution in [-0.4, -0.2) is 31.3 Å². The topological polar surface area (TPSA) is 91.6 Å². The summed E-state index contributed by atoms with van der Waals surface area (Å²) in [6.07, 6.45) is 0.264. The van der Waals surface area contributed by atoms with Gasteiger partial charge >= 0.3 is 0 Å². The van der Waals surface area contributed by atoms with E-state index in [1.165, 1.54) is 7.11 Å². The van der Waals surface area contributed by atoms with Crippen molar-refractivity contribution >= 4 is 5.91 Å². The molecule has 0 fully saturated rings. The van der Waals surface area contributed by atoms with Gasteiger partial charge in [0, 0.05) is 6.54 Å². The number of amides is 1. The van der Waals surface area contributed by atoms with Crippen molar-refractivity contribution in [3.05, 3.63) is 23.8 Å². The number of aliphatic hydroxyl groups is 1. The average Bonchev–Trinajstić information content (AvgIpc) is 2.45. The van der Waals surface area contributed by atoms with E-state index < -0.39 is 0 Å². The number of methoxy groups -OCH3 is 1. The molecule has 0 heterocycles. The second-order valence-corrected chi connectivity index (χ2v) is 3.69. The molecule has 0 unspecified atom stereocenters. The Morgan fingerprint density at radius 1 is 1.47 bits per heavy atom. The highest BCUT2D eigenvalue weighted by Crippen LogP contribution is 2.27. The van der Waals surface area contributed by atoms with Crippen molar-refractivity contribution in [3.63, 3.8) is 0 Å². The summed E-state index contributed by atoms with van der Waals surface area (Å²) in [6, 6.07) is 6.89. The van der Waals surface area contributed by atoms with Crippen LogP contribution in [0.25, 0.3) is 0 Å². The highest BCUT2D eigenvalue weighted by Gasteiger charge is 2.08. The zero-order valence-corrected chi connectivity index (χ0v) is 10.7. The molecule has 0 spiro atoms. The molecule has 6 heteroatoms. The molecule has 0 aliphatic rings. The number of benzene rings is 1. The van der Waals surface area contributed by atoms with E-state index in [4.69, 9.17) is 19.8 Å². The minimum absolute atomic E-state index is 0.0920. The molecular weight excluding hydrogens is 248 g/mol. The van der Waals surface area contributed by atoms with Gasteiger partial charge in [0.1, 0.15) is 0 Å². The summed E-state index contributed by atoms with van der Waals surface area (Å²) in [5.74, 6) is 0.579. The van der Waals surface area contributed by atoms with E-state index in [-0.39, 0.29) is 25.5 Å². The average molecular weight is 264 g/mol.